The average Bonchev–Trinajstić information content (AvgIpc) is 3.32. The predicted octanol–water partition coefficient (Wildman–Crippen LogP) is 5.35. The van der Waals surface area contributed by atoms with Gasteiger partial charge in [0.25, 0.3) is 11.5 Å². The molecule has 2 aromatic heterocycles. The van der Waals surface area contributed by atoms with E-state index in [0.717, 1.165) is 30.4 Å². The van der Waals surface area contributed by atoms with Crippen LogP contribution < -0.4 is 10.9 Å². The second-order valence-electron chi connectivity index (χ2n) is 11.6. The Kier molecular flexibility index (Phi) is 7.25. The Labute approximate surface area is 238 Å². The van der Waals surface area contributed by atoms with Crippen LogP contribution in [0.15, 0.2) is 70.0 Å². The molecule has 1 aliphatic rings. The van der Waals surface area contributed by atoms with Gasteiger partial charge in [0.05, 0.1) is 23.1 Å². The maximum absolute atomic E-state index is 13.5. The molecule has 0 unspecified atom stereocenters. The van der Waals surface area contributed by atoms with Gasteiger partial charge in [0.2, 0.25) is 0 Å². The lowest BCUT2D eigenvalue weighted by atomic mass is 9.69. The number of carbonyl (C=O) groups excluding carboxylic acids is 1. The third kappa shape index (κ3) is 4.80. The normalized spacial score (nSPS) is 14.5. The Balaban J connectivity index is 1.70. The average molecular weight is 558 g/mol. The topological polar surface area (TPSA) is 125 Å². The highest BCUT2D eigenvalue weighted by Crippen LogP contribution is 2.50. The molecule has 1 saturated carbocycles. The van der Waals surface area contributed by atoms with E-state index in [1.165, 1.54) is 10.8 Å². The monoisotopic (exact) mass is 557 g/mol. The summed E-state index contributed by atoms with van der Waals surface area (Å²) in [5.74, 6) is -0.0244. The van der Waals surface area contributed by atoms with Crippen molar-refractivity contribution in [2.24, 2.45) is 7.05 Å². The minimum absolute atomic E-state index is 0.0629. The number of aromatic nitrogens is 1. The molecule has 0 aliphatic heterocycles. The quantitative estimate of drug-likeness (QED) is 0.282. The molecule has 9 nitrogen and oxygen atoms in total. The number of aryl methyl sites for hydroxylation is 1. The summed E-state index contributed by atoms with van der Waals surface area (Å²) in [5.41, 5.74) is 1.78. The van der Waals surface area contributed by atoms with E-state index in [0.29, 0.717) is 16.9 Å². The lowest BCUT2D eigenvalue weighted by Gasteiger charge is -2.54. The van der Waals surface area contributed by atoms with Crippen LogP contribution in [0.4, 0.5) is 4.79 Å². The number of rotatable bonds is 7. The molecule has 2 heterocycles. The van der Waals surface area contributed by atoms with Crippen molar-refractivity contribution in [1.29, 1.82) is 0 Å². The van der Waals surface area contributed by atoms with Crippen molar-refractivity contribution < 1.29 is 24.2 Å². The SMILES string of the molecule is Cn1cc(C(=O)NCCO)c2oc(-c3ccc(C4(N(C(=O)O)C(C)(C)C)CCC4)cc3)c(-c3ccccc3)c2c1=O. The summed E-state index contributed by atoms with van der Waals surface area (Å²) in [5, 5.41) is 22.3. The molecule has 2 aromatic carbocycles. The Morgan fingerprint density at radius 1 is 1.05 bits per heavy atom. The number of carboxylic acid groups (broad SMARTS) is 1. The highest BCUT2D eigenvalue weighted by molar-refractivity contribution is 6.10. The number of aliphatic hydroxyl groups is 1. The number of amides is 2. The molecule has 0 bridgehead atoms. The van der Waals surface area contributed by atoms with Gasteiger partial charge < -0.3 is 24.5 Å². The lowest BCUT2D eigenvalue weighted by molar-refractivity contribution is -0.0328. The van der Waals surface area contributed by atoms with E-state index >= 15 is 0 Å². The van der Waals surface area contributed by atoms with Crippen LogP contribution >= 0.6 is 0 Å². The van der Waals surface area contributed by atoms with Crippen LogP contribution in [0.25, 0.3) is 33.4 Å². The van der Waals surface area contributed by atoms with Crippen molar-refractivity contribution in [2.75, 3.05) is 13.2 Å². The summed E-state index contributed by atoms with van der Waals surface area (Å²) in [7, 11) is 1.59. The van der Waals surface area contributed by atoms with Crippen LogP contribution in [0.3, 0.4) is 0 Å². The van der Waals surface area contributed by atoms with Crippen LogP contribution in [0.1, 0.15) is 56.0 Å². The lowest BCUT2D eigenvalue weighted by Crippen LogP contribution is -2.60. The summed E-state index contributed by atoms with van der Waals surface area (Å²) in [4.78, 5) is 40.5. The van der Waals surface area contributed by atoms with Gasteiger partial charge in [0.1, 0.15) is 5.76 Å². The number of fused-ring (bicyclic) bond motifs is 1. The fourth-order valence-corrected chi connectivity index (χ4v) is 6.02. The first kappa shape index (κ1) is 28.2. The standard InChI is InChI=1S/C32H35N3O6/c1-31(2,3)35(30(39)40)32(15-8-16-32)22-13-11-21(12-14-22)26-24(20-9-6-5-7-10-20)25-27(41-26)23(19-34(4)29(25)38)28(37)33-17-18-36/h5-7,9-14,19,36H,8,15-18H2,1-4H3,(H,33,37)(H,39,40). The first-order valence-electron chi connectivity index (χ1n) is 13.7. The molecule has 4 aromatic rings. The van der Waals surface area contributed by atoms with E-state index in [9.17, 15) is 24.6 Å². The first-order valence-corrected chi connectivity index (χ1v) is 13.7. The van der Waals surface area contributed by atoms with Gasteiger partial charge in [-0.3, -0.25) is 14.5 Å². The first-order chi connectivity index (χ1) is 19.5. The van der Waals surface area contributed by atoms with Crippen LogP contribution in [0.5, 0.6) is 0 Å². The van der Waals surface area contributed by atoms with Crippen molar-refractivity contribution >= 4 is 23.0 Å². The zero-order chi connectivity index (χ0) is 29.5. The van der Waals surface area contributed by atoms with Gasteiger partial charge in [-0.2, -0.15) is 0 Å². The third-order valence-electron chi connectivity index (χ3n) is 7.87. The Bertz CT molecular complexity index is 1660. The fourth-order valence-electron chi connectivity index (χ4n) is 6.02. The number of nitrogens with one attached hydrogen (secondary N) is 1. The molecule has 0 saturated heterocycles. The van der Waals surface area contributed by atoms with Crippen molar-refractivity contribution in [1.82, 2.24) is 14.8 Å². The summed E-state index contributed by atoms with van der Waals surface area (Å²) in [6.45, 7) is 5.57. The van der Waals surface area contributed by atoms with Gasteiger partial charge in [-0.1, -0.05) is 54.6 Å². The fraction of sp³-hybridized carbons (Fsp3) is 0.344. The zero-order valence-electron chi connectivity index (χ0n) is 23.7. The number of aliphatic hydroxyl groups excluding tert-OH is 1. The number of pyridine rings is 1. The molecule has 0 spiro atoms. The second kappa shape index (κ2) is 10.6. The van der Waals surface area contributed by atoms with Gasteiger partial charge in [-0.25, -0.2) is 4.79 Å². The Hall–Kier alpha value is -4.37. The minimum atomic E-state index is -0.951. The molecule has 214 valence electrons. The van der Waals surface area contributed by atoms with Gasteiger partial charge in [-0.15, -0.1) is 0 Å². The Morgan fingerprint density at radius 3 is 2.24 bits per heavy atom. The molecule has 0 atom stereocenters. The van der Waals surface area contributed by atoms with Crippen molar-refractivity contribution in [3.8, 4) is 22.5 Å². The van der Waals surface area contributed by atoms with E-state index in [1.54, 1.807) is 11.9 Å². The largest absolute Gasteiger partial charge is 0.465 e. The molecule has 2 amide bonds. The minimum Gasteiger partial charge on any atom is -0.465 e. The number of nitrogens with zero attached hydrogens (tertiary/aromatic N) is 2. The Morgan fingerprint density at radius 2 is 1.71 bits per heavy atom. The van der Waals surface area contributed by atoms with E-state index in [-0.39, 0.29) is 35.2 Å². The van der Waals surface area contributed by atoms with Gasteiger partial charge in [-0.05, 0) is 51.2 Å². The third-order valence-corrected chi connectivity index (χ3v) is 7.87. The predicted molar refractivity (Wildman–Crippen MR) is 157 cm³/mol. The molecule has 3 N–H and O–H groups in total. The molecule has 1 fully saturated rings. The summed E-state index contributed by atoms with van der Waals surface area (Å²) in [6, 6.07) is 17.0. The molecule has 5 rings (SSSR count). The van der Waals surface area contributed by atoms with Gasteiger partial charge in [0, 0.05) is 36.5 Å². The van der Waals surface area contributed by atoms with E-state index in [4.69, 9.17) is 4.42 Å². The van der Waals surface area contributed by atoms with Crippen LogP contribution in [0.2, 0.25) is 0 Å². The summed E-state index contributed by atoms with van der Waals surface area (Å²) in [6.07, 6.45) is 2.90. The molecule has 9 heteroatoms. The molecular formula is C32H35N3O6. The molecular weight excluding hydrogens is 522 g/mol. The van der Waals surface area contributed by atoms with Crippen molar-refractivity contribution in [2.45, 2.75) is 51.1 Å². The number of furan rings is 1. The summed E-state index contributed by atoms with van der Waals surface area (Å²) < 4.78 is 7.73. The highest BCUT2D eigenvalue weighted by Gasteiger charge is 2.50. The highest BCUT2D eigenvalue weighted by atomic mass is 16.4. The van der Waals surface area contributed by atoms with E-state index in [2.05, 4.69) is 5.32 Å². The van der Waals surface area contributed by atoms with Crippen molar-refractivity contribution in [3.63, 3.8) is 0 Å². The number of hydrogen-bond acceptors (Lipinski definition) is 5. The smallest absolute Gasteiger partial charge is 0.408 e. The van der Waals surface area contributed by atoms with Gasteiger partial charge in [0.15, 0.2) is 5.58 Å². The number of carbonyl (C=O) groups is 2. The van der Waals surface area contributed by atoms with E-state index in [1.807, 2.05) is 75.4 Å². The molecule has 1 aliphatic carbocycles. The number of hydrogen-bond donors (Lipinski definition) is 3. The van der Waals surface area contributed by atoms with Crippen LogP contribution in [-0.4, -0.2) is 50.4 Å². The van der Waals surface area contributed by atoms with Gasteiger partial charge >= 0.3 is 6.09 Å². The second-order valence-corrected chi connectivity index (χ2v) is 11.6. The number of benzene rings is 2. The van der Waals surface area contributed by atoms with Crippen molar-refractivity contribution in [3.05, 3.63) is 82.3 Å². The zero-order valence-corrected chi connectivity index (χ0v) is 23.7. The summed E-state index contributed by atoms with van der Waals surface area (Å²) >= 11 is 0. The van der Waals surface area contributed by atoms with Crippen LogP contribution in [0, 0.1) is 0 Å². The maximum Gasteiger partial charge on any atom is 0.408 e. The maximum atomic E-state index is 13.5. The van der Waals surface area contributed by atoms with E-state index < -0.39 is 23.1 Å². The van der Waals surface area contributed by atoms with Crippen LogP contribution in [-0.2, 0) is 12.6 Å². The molecule has 0 radical (unpaired) electrons. The molecule has 41 heavy (non-hydrogen) atoms.